The summed E-state index contributed by atoms with van der Waals surface area (Å²) in [5.74, 6) is 0.806. The molecule has 1 atom stereocenters. The number of aryl methyl sites for hydroxylation is 1. The summed E-state index contributed by atoms with van der Waals surface area (Å²) < 4.78 is 13.8. The molecule has 1 aromatic rings. The van der Waals surface area contributed by atoms with E-state index in [1.807, 2.05) is 17.0 Å². The molecule has 0 aliphatic carbocycles. The third-order valence-electron chi connectivity index (χ3n) is 5.76. The first kappa shape index (κ1) is 17.4. The summed E-state index contributed by atoms with van der Waals surface area (Å²) in [6.45, 7) is 5.78. The molecule has 24 heavy (non-hydrogen) atoms. The number of likely N-dealkylation sites (tertiary alicyclic amines) is 2. The Morgan fingerprint density at radius 2 is 1.92 bits per heavy atom. The number of carbonyl (C=O) groups is 1. The van der Waals surface area contributed by atoms with Gasteiger partial charge in [-0.2, -0.15) is 0 Å². The van der Waals surface area contributed by atoms with Crippen molar-refractivity contribution in [3.63, 3.8) is 0 Å². The van der Waals surface area contributed by atoms with Crippen molar-refractivity contribution in [2.45, 2.75) is 51.5 Å². The Balaban J connectivity index is 1.48. The van der Waals surface area contributed by atoms with Gasteiger partial charge in [0.1, 0.15) is 5.82 Å². The van der Waals surface area contributed by atoms with Gasteiger partial charge in [0.2, 0.25) is 5.91 Å². The summed E-state index contributed by atoms with van der Waals surface area (Å²) in [5, 5.41) is 0. The number of hydrogen-bond acceptors (Lipinski definition) is 2. The summed E-state index contributed by atoms with van der Waals surface area (Å²) in [5.41, 5.74) is 0.851. The lowest BCUT2D eigenvalue weighted by molar-refractivity contribution is -0.130. The minimum atomic E-state index is -0.0678. The number of amides is 1. The molecule has 2 heterocycles. The minimum Gasteiger partial charge on any atom is -0.343 e. The second kappa shape index (κ2) is 8.11. The largest absolute Gasteiger partial charge is 0.343 e. The van der Waals surface area contributed by atoms with E-state index in [9.17, 15) is 9.18 Å². The van der Waals surface area contributed by atoms with Crippen molar-refractivity contribution in [1.29, 1.82) is 0 Å². The van der Waals surface area contributed by atoms with Gasteiger partial charge in [0, 0.05) is 32.6 Å². The van der Waals surface area contributed by atoms with Gasteiger partial charge in [-0.1, -0.05) is 18.2 Å². The highest BCUT2D eigenvalue weighted by molar-refractivity contribution is 5.73. The maximum Gasteiger partial charge on any atom is 0.219 e. The summed E-state index contributed by atoms with van der Waals surface area (Å²) in [6, 6.07) is 7.78. The quantitative estimate of drug-likeness (QED) is 0.843. The van der Waals surface area contributed by atoms with Crippen LogP contribution in [-0.4, -0.2) is 47.9 Å². The van der Waals surface area contributed by atoms with Crippen LogP contribution in [-0.2, 0) is 11.2 Å². The molecule has 0 bridgehead atoms. The van der Waals surface area contributed by atoms with Crippen LogP contribution >= 0.6 is 0 Å². The van der Waals surface area contributed by atoms with E-state index >= 15 is 0 Å². The molecule has 0 spiro atoms. The fourth-order valence-electron chi connectivity index (χ4n) is 4.27. The van der Waals surface area contributed by atoms with E-state index in [4.69, 9.17) is 0 Å². The summed E-state index contributed by atoms with van der Waals surface area (Å²) in [4.78, 5) is 16.1. The highest BCUT2D eigenvalue weighted by atomic mass is 19.1. The van der Waals surface area contributed by atoms with Crippen molar-refractivity contribution in [3.05, 3.63) is 35.6 Å². The number of benzene rings is 1. The predicted octanol–water partition coefficient (Wildman–Crippen LogP) is 3.48. The van der Waals surface area contributed by atoms with Gasteiger partial charge in [-0.25, -0.2) is 4.39 Å². The molecule has 1 aromatic carbocycles. The summed E-state index contributed by atoms with van der Waals surface area (Å²) in [7, 11) is 0. The zero-order valence-electron chi connectivity index (χ0n) is 14.7. The normalized spacial score (nSPS) is 23.4. The maximum atomic E-state index is 13.8. The van der Waals surface area contributed by atoms with E-state index < -0.39 is 0 Å². The average molecular weight is 332 g/mol. The highest BCUT2D eigenvalue weighted by Gasteiger charge is 2.29. The molecule has 1 amide bonds. The molecule has 1 unspecified atom stereocenters. The van der Waals surface area contributed by atoms with Crippen LogP contribution in [0.25, 0.3) is 0 Å². The van der Waals surface area contributed by atoms with Crippen molar-refractivity contribution >= 4 is 5.91 Å². The van der Waals surface area contributed by atoms with E-state index in [-0.39, 0.29) is 11.7 Å². The minimum absolute atomic E-state index is 0.0678. The fraction of sp³-hybridized carbons (Fsp3) is 0.650. The molecule has 0 radical (unpaired) electrons. The third kappa shape index (κ3) is 4.35. The van der Waals surface area contributed by atoms with E-state index in [0.717, 1.165) is 50.9 Å². The van der Waals surface area contributed by atoms with Gasteiger partial charge in [-0.05, 0) is 62.6 Å². The zero-order chi connectivity index (χ0) is 16.9. The van der Waals surface area contributed by atoms with E-state index in [1.54, 1.807) is 19.1 Å². The molecule has 2 saturated heterocycles. The molecule has 132 valence electrons. The van der Waals surface area contributed by atoms with Crippen LogP contribution in [0.1, 0.15) is 44.6 Å². The van der Waals surface area contributed by atoms with Crippen LogP contribution in [0.5, 0.6) is 0 Å². The number of hydrogen-bond donors (Lipinski definition) is 0. The topological polar surface area (TPSA) is 23.6 Å². The van der Waals surface area contributed by atoms with Crippen molar-refractivity contribution in [3.8, 4) is 0 Å². The SMILES string of the molecule is CC(=O)N1CCC(N2CCCC(CCc3ccccc3F)C2)CC1. The first-order valence-electron chi connectivity index (χ1n) is 9.36. The van der Waals surface area contributed by atoms with Crippen LogP contribution in [0.15, 0.2) is 24.3 Å². The Morgan fingerprint density at radius 1 is 1.17 bits per heavy atom. The second-order valence-electron chi connectivity index (χ2n) is 7.37. The van der Waals surface area contributed by atoms with Gasteiger partial charge >= 0.3 is 0 Å². The molecule has 0 N–H and O–H groups in total. The van der Waals surface area contributed by atoms with Gasteiger partial charge in [0.25, 0.3) is 0 Å². The molecular weight excluding hydrogens is 303 g/mol. The molecule has 3 rings (SSSR count). The molecule has 2 fully saturated rings. The number of carbonyl (C=O) groups excluding carboxylic acids is 1. The van der Waals surface area contributed by atoms with Crippen molar-refractivity contribution in [1.82, 2.24) is 9.80 Å². The third-order valence-corrected chi connectivity index (χ3v) is 5.76. The lowest BCUT2D eigenvalue weighted by Crippen LogP contribution is -2.49. The monoisotopic (exact) mass is 332 g/mol. The molecule has 0 saturated carbocycles. The van der Waals surface area contributed by atoms with E-state index in [2.05, 4.69) is 4.90 Å². The lowest BCUT2D eigenvalue weighted by Gasteiger charge is -2.42. The molecule has 2 aliphatic heterocycles. The smallest absolute Gasteiger partial charge is 0.219 e. The predicted molar refractivity (Wildman–Crippen MR) is 94.3 cm³/mol. The summed E-state index contributed by atoms with van der Waals surface area (Å²) >= 11 is 0. The van der Waals surface area contributed by atoms with E-state index in [1.165, 1.54) is 19.4 Å². The molecule has 4 heteroatoms. The average Bonchev–Trinajstić information content (AvgIpc) is 2.61. The Labute approximate surface area is 144 Å². The number of rotatable bonds is 4. The van der Waals surface area contributed by atoms with Crippen molar-refractivity contribution in [2.24, 2.45) is 5.92 Å². The maximum absolute atomic E-state index is 13.8. The summed E-state index contributed by atoms with van der Waals surface area (Å²) in [6.07, 6.45) is 6.61. The van der Waals surface area contributed by atoms with Crippen LogP contribution in [0.4, 0.5) is 4.39 Å². The number of nitrogens with zero attached hydrogens (tertiary/aromatic N) is 2. The fourth-order valence-corrected chi connectivity index (χ4v) is 4.27. The van der Waals surface area contributed by atoms with Crippen molar-refractivity contribution in [2.75, 3.05) is 26.2 Å². The van der Waals surface area contributed by atoms with Gasteiger partial charge in [0.05, 0.1) is 0 Å². The molecule has 0 aromatic heterocycles. The molecule has 3 nitrogen and oxygen atoms in total. The number of piperidine rings is 2. The van der Waals surface area contributed by atoms with Crippen molar-refractivity contribution < 1.29 is 9.18 Å². The van der Waals surface area contributed by atoms with Gasteiger partial charge in [0.15, 0.2) is 0 Å². The van der Waals surface area contributed by atoms with Crippen LogP contribution in [0.3, 0.4) is 0 Å². The zero-order valence-corrected chi connectivity index (χ0v) is 14.7. The molecule has 2 aliphatic rings. The number of halogens is 1. The van der Waals surface area contributed by atoms with Crippen LogP contribution in [0, 0.1) is 11.7 Å². The first-order chi connectivity index (χ1) is 11.6. The Morgan fingerprint density at radius 3 is 2.62 bits per heavy atom. The van der Waals surface area contributed by atoms with Crippen LogP contribution < -0.4 is 0 Å². The van der Waals surface area contributed by atoms with Gasteiger partial charge < -0.3 is 4.90 Å². The van der Waals surface area contributed by atoms with Gasteiger partial charge in [-0.3, -0.25) is 9.69 Å². The first-order valence-corrected chi connectivity index (χ1v) is 9.36. The van der Waals surface area contributed by atoms with Crippen LogP contribution in [0.2, 0.25) is 0 Å². The lowest BCUT2D eigenvalue weighted by atomic mass is 9.89. The van der Waals surface area contributed by atoms with E-state index in [0.29, 0.717) is 12.0 Å². The highest BCUT2D eigenvalue weighted by Crippen LogP contribution is 2.26. The Bertz CT molecular complexity index is 554. The van der Waals surface area contributed by atoms with Gasteiger partial charge in [-0.15, -0.1) is 0 Å². The Hall–Kier alpha value is -1.42. The Kier molecular flexibility index (Phi) is 5.88. The molecular formula is C20H29FN2O. The standard InChI is InChI=1S/C20H29FN2O/c1-16(24)22-13-10-19(11-14-22)23-12-4-5-17(15-23)8-9-18-6-2-3-7-20(18)21/h2-3,6-7,17,19H,4-5,8-15H2,1H3. The second-order valence-corrected chi connectivity index (χ2v) is 7.37.